The summed E-state index contributed by atoms with van der Waals surface area (Å²) in [6, 6.07) is 13.8. The van der Waals surface area contributed by atoms with E-state index in [2.05, 4.69) is 63.0 Å². The Kier molecular flexibility index (Phi) is 6.26. The number of rotatable bonds is 4. The number of nitrogens with zero attached hydrogens (tertiary/aromatic N) is 5. The first-order valence-electron chi connectivity index (χ1n) is 9.35. The van der Waals surface area contributed by atoms with E-state index in [1.165, 1.54) is 0 Å². The summed E-state index contributed by atoms with van der Waals surface area (Å²) >= 11 is 0. The molecule has 7 heteroatoms. The van der Waals surface area contributed by atoms with Crippen molar-refractivity contribution in [1.29, 1.82) is 0 Å². The second kappa shape index (κ2) is 9.03. The van der Waals surface area contributed by atoms with Crippen LogP contribution in [0.1, 0.15) is 51.2 Å². The zero-order valence-corrected chi connectivity index (χ0v) is 16.6. The Morgan fingerprint density at radius 2 is 1.11 bits per heavy atom. The van der Waals surface area contributed by atoms with E-state index in [0.29, 0.717) is 11.8 Å². The summed E-state index contributed by atoms with van der Waals surface area (Å²) in [7, 11) is 0. The number of benzene rings is 1. The topological polar surface area (TPSA) is 96.0 Å². The zero-order valence-electron chi connectivity index (χ0n) is 16.6. The fraction of sp³-hybridized carbons (Fsp3) is 0.286. The van der Waals surface area contributed by atoms with Crippen molar-refractivity contribution in [2.24, 2.45) is 0 Å². The minimum atomic E-state index is 0.373. The van der Waals surface area contributed by atoms with Gasteiger partial charge in [-0.25, -0.2) is 9.97 Å². The van der Waals surface area contributed by atoms with Crippen molar-refractivity contribution in [1.82, 2.24) is 35.3 Å². The van der Waals surface area contributed by atoms with Gasteiger partial charge in [0.25, 0.3) is 0 Å². The van der Waals surface area contributed by atoms with Crippen LogP contribution in [0.4, 0.5) is 0 Å². The zero-order chi connectivity index (χ0) is 19.9. The average molecular weight is 375 g/mol. The second-order valence-corrected chi connectivity index (χ2v) is 7.00. The van der Waals surface area contributed by atoms with Crippen LogP contribution in [0.15, 0.2) is 54.9 Å². The third kappa shape index (κ3) is 4.88. The largest absolute Gasteiger partial charge is 0.265 e. The smallest absolute Gasteiger partial charge is 0.181 e. The maximum Gasteiger partial charge on any atom is 0.181 e. The van der Waals surface area contributed by atoms with Crippen LogP contribution < -0.4 is 0 Å². The number of aromatic nitrogens is 7. The van der Waals surface area contributed by atoms with Crippen molar-refractivity contribution in [3.8, 4) is 22.8 Å². The van der Waals surface area contributed by atoms with Gasteiger partial charge in [-0.3, -0.25) is 15.2 Å². The molecule has 28 heavy (non-hydrogen) atoms. The minimum Gasteiger partial charge on any atom is -0.265 e. The van der Waals surface area contributed by atoms with E-state index in [1.54, 1.807) is 12.4 Å². The molecule has 0 atom stereocenters. The molecule has 0 spiro atoms. The van der Waals surface area contributed by atoms with Crippen LogP contribution in [0.5, 0.6) is 0 Å². The van der Waals surface area contributed by atoms with Crippen molar-refractivity contribution in [3.05, 3.63) is 66.5 Å². The summed E-state index contributed by atoms with van der Waals surface area (Å²) < 4.78 is 0. The fourth-order valence-corrected chi connectivity index (χ4v) is 2.41. The van der Waals surface area contributed by atoms with Crippen LogP contribution >= 0.6 is 0 Å². The van der Waals surface area contributed by atoms with Crippen LogP contribution in [0, 0.1) is 0 Å². The molecule has 0 radical (unpaired) electrons. The highest BCUT2D eigenvalue weighted by Gasteiger charge is 2.08. The number of nitrogens with one attached hydrogen (secondary N) is 2. The molecule has 0 amide bonds. The fourth-order valence-electron chi connectivity index (χ4n) is 2.41. The molecule has 4 rings (SSSR count). The molecule has 0 unspecified atom stereocenters. The molecular weight excluding hydrogens is 350 g/mol. The van der Waals surface area contributed by atoms with Gasteiger partial charge in [0, 0.05) is 35.4 Å². The molecule has 0 fully saturated rings. The molecule has 0 bridgehead atoms. The SMILES string of the molecule is CC(C)c1nc(-c2ccccc2)n[nH]1.CC(C)c1nc(-c2ccncc2)n[nH]1. The highest BCUT2D eigenvalue weighted by atomic mass is 15.2. The normalized spacial score (nSPS) is 10.8. The van der Waals surface area contributed by atoms with E-state index in [9.17, 15) is 0 Å². The molecule has 1 aromatic carbocycles. The van der Waals surface area contributed by atoms with Crippen molar-refractivity contribution in [2.75, 3.05) is 0 Å². The lowest BCUT2D eigenvalue weighted by atomic mass is 10.2. The van der Waals surface area contributed by atoms with Crippen molar-refractivity contribution in [3.63, 3.8) is 0 Å². The number of pyridine rings is 1. The Bertz CT molecular complexity index is 890. The van der Waals surface area contributed by atoms with Crippen molar-refractivity contribution in [2.45, 2.75) is 39.5 Å². The van der Waals surface area contributed by atoms with Gasteiger partial charge in [0.2, 0.25) is 0 Å². The van der Waals surface area contributed by atoms with Gasteiger partial charge in [0.1, 0.15) is 11.6 Å². The molecule has 4 aromatic rings. The molecule has 2 N–H and O–H groups in total. The monoisotopic (exact) mass is 375 g/mol. The van der Waals surface area contributed by atoms with Crippen LogP contribution in [-0.2, 0) is 0 Å². The van der Waals surface area contributed by atoms with Gasteiger partial charge >= 0.3 is 0 Å². The number of hydrogen-bond acceptors (Lipinski definition) is 5. The third-order valence-electron chi connectivity index (χ3n) is 4.07. The van der Waals surface area contributed by atoms with Gasteiger partial charge in [-0.2, -0.15) is 10.2 Å². The lowest BCUT2D eigenvalue weighted by Gasteiger charge is -1.95. The summed E-state index contributed by atoms with van der Waals surface area (Å²) in [4.78, 5) is 12.7. The Balaban J connectivity index is 0.000000161. The first-order chi connectivity index (χ1) is 13.5. The average Bonchev–Trinajstić information content (AvgIpc) is 3.40. The summed E-state index contributed by atoms with van der Waals surface area (Å²) in [5, 5.41) is 14.2. The quantitative estimate of drug-likeness (QED) is 0.544. The third-order valence-corrected chi connectivity index (χ3v) is 4.07. The van der Waals surface area contributed by atoms with Crippen LogP contribution in [0.2, 0.25) is 0 Å². The second-order valence-electron chi connectivity index (χ2n) is 7.00. The molecule has 144 valence electrons. The lowest BCUT2D eigenvalue weighted by Crippen LogP contribution is -1.89. The number of hydrogen-bond donors (Lipinski definition) is 2. The van der Waals surface area contributed by atoms with E-state index in [1.807, 2.05) is 42.5 Å². The van der Waals surface area contributed by atoms with E-state index in [-0.39, 0.29) is 0 Å². The van der Waals surface area contributed by atoms with E-state index in [0.717, 1.165) is 34.4 Å². The first kappa shape index (κ1) is 19.4. The maximum atomic E-state index is 4.41. The summed E-state index contributed by atoms with van der Waals surface area (Å²) in [6.07, 6.45) is 3.47. The highest BCUT2D eigenvalue weighted by Crippen LogP contribution is 2.17. The van der Waals surface area contributed by atoms with Crippen LogP contribution in [0.3, 0.4) is 0 Å². The van der Waals surface area contributed by atoms with Crippen molar-refractivity contribution >= 4 is 0 Å². The Morgan fingerprint density at radius 1 is 0.643 bits per heavy atom. The van der Waals surface area contributed by atoms with Gasteiger partial charge < -0.3 is 0 Å². The molecule has 0 saturated carbocycles. The summed E-state index contributed by atoms with van der Waals surface area (Å²) in [6.45, 7) is 8.35. The lowest BCUT2D eigenvalue weighted by molar-refractivity contribution is 0.781. The van der Waals surface area contributed by atoms with Gasteiger partial charge in [-0.1, -0.05) is 58.0 Å². The first-order valence-corrected chi connectivity index (χ1v) is 9.35. The predicted molar refractivity (Wildman–Crippen MR) is 110 cm³/mol. The molecular formula is C21H25N7. The van der Waals surface area contributed by atoms with E-state index < -0.39 is 0 Å². The Morgan fingerprint density at radius 3 is 1.54 bits per heavy atom. The molecule has 0 saturated heterocycles. The summed E-state index contributed by atoms with van der Waals surface area (Å²) in [5.74, 6) is 4.11. The minimum absolute atomic E-state index is 0.373. The molecule has 3 aromatic heterocycles. The predicted octanol–water partition coefficient (Wildman–Crippen LogP) is 4.59. The van der Waals surface area contributed by atoms with Gasteiger partial charge in [0.15, 0.2) is 11.6 Å². The van der Waals surface area contributed by atoms with Gasteiger partial charge in [0.05, 0.1) is 0 Å². The highest BCUT2D eigenvalue weighted by molar-refractivity contribution is 5.54. The van der Waals surface area contributed by atoms with E-state index in [4.69, 9.17) is 0 Å². The molecule has 3 heterocycles. The Labute approximate surface area is 164 Å². The van der Waals surface area contributed by atoms with Gasteiger partial charge in [-0.05, 0) is 12.1 Å². The molecule has 0 aliphatic heterocycles. The molecule has 0 aliphatic carbocycles. The van der Waals surface area contributed by atoms with Gasteiger partial charge in [-0.15, -0.1) is 0 Å². The van der Waals surface area contributed by atoms with Crippen molar-refractivity contribution < 1.29 is 0 Å². The molecule has 0 aliphatic rings. The number of aromatic amines is 2. The van der Waals surface area contributed by atoms with Crippen LogP contribution in [-0.4, -0.2) is 35.3 Å². The summed E-state index contributed by atoms with van der Waals surface area (Å²) in [5.41, 5.74) is 2.04. The standard InChI is InChI=1S/C11H13N3.C10H12N4/c1-8(2)10-12-11(14-13-10)9-6-4-3-5-7-9;1-7(2)9-12-10(14-13-9)8-3-5-11-6-4-8/h3-8H,1-2H3,(H,12,13,14);3-7H,1-2H3,(H,12,13,14). The van der Waals surface area contributed by atoms with Crippen LogP contribution in [0.25, 0.3) is 22.8 Å². The molecule has 7 nitrogen and oxygen atoms in total. The number of H-pyrrole nitrogens is 2. The van der Waals surface area contributed by atoms with E-state index >= 15 is 0 Å². The Hall–Kier alpha value is -3.35. The maximum absolute atomic E-state index is 4.41.